The molecule has 0 saturated carbocycles. The minimum Gasteiger partial charge on any atom is -0.477 e. The van der Waals surface area contributed by atoms with Crippen molar-refractivity contribution >= 4 is 11.8 Å². The van der Waals surface area contributed by atoms with E-state index in [1.807, 2.05) is 19.2 Å². The molecule has 0 bridgehead atoms. The van der Waals surface area contributed by atoms with Crippen LogP contribution in [0, 0.1) is 0 Å². The van der Waals surface area contributed by atoms with Gasteiger partial charge in [0.15, 0.2) is 0 Å². The third-order valence-electron chi connectivity index (χ3n) is 6.86. The van der Waals surface area contributed by atoms with Gasteiger partial charge < -0.3 is 14.8 Å². The number of esters is 1. The van der Waals surface area contributed by atoms with E-state index in [1.54, 1.807) is 4.68 Å². The minimum absolute atomic E-state index is 0.0238. The van der Waals surface area contributed by atoms with Crippen molar-refractivity contribution in [3.8, 4) is 11.6 Å². The number of anilines is 1. The first-order chi connectivity index (χ1) is 16.8. The summed E-state index contributed by atoms with van der Waals surface area (Å²) in [7, 11) is 1.89. The Kier molecular flexibility index (Phi) is 6.26. The molecule has 2 aliphatic heterocycles. The van der Waals surface area contributed by atoms with E-state index in [2.05, 4.69) is 55.5 Å². The second-order valence-corrected chi connectivity index (χ2v) is 10.6. The zero-order chi connectivity index (χ0) is 24.6. The van der Waals surface area contributed by atoms with Crippen molar-refractivity contribution < 1.29 is 14.3 Å². The van der Waals surface area contributed by atoms with Crippen molar-refractivity contribution in [3.63, 3.8) is 0 Å². The predicted molar refractivity (Wildman–Crippen MR) is 135 cm³/mol. The molecule has 1 unspecified atom stereocenters. The van der Waals surface area contributed by atoms with Crippen molar-refractivity contribution in [2.45, 2.75) is 64.2 Å². The van der Waals surface area contributed by atoms with Gasteiger partial charge >= 0.3 is 5.97 Å². The van der Waals surface area contributed by atoms with Crippen LogP contribution in [-0.4, -0.2) is 33.9 Å². The third kappa shape index (κ3) is 5.19. The first kappa shape index (κ1) is 23.4. The van der Waals surface area contributed by atoms with E-state index < -0.39 is 0 Å². The van der Waals surface area contributed by atoms with Gasteiger partial charge in [0.25, 0.3) is 0 Å². The maximum absolute atomic E-state index is 12.3. The fourth-order valence-corrected chi connectivity index (χ4v) is 4.85. The van der Waals surface area contributed by atoms with Gasteiger partial charge in [-0.2, -0.15) is 5.10 Å². The molecule has 0 saturated heterocycles. The minimum atomic E-state index is -0.189. The van der Waals surface area contributed by atoms with E-state index in [4.69, 9.17) is 14.5 Å². The normalized spacial score (nSPS) is 17.3. The van der Waals surface area contributed by atoms with Crippen LogP contribution in [0.5, 0.6) is 11.6 Å². The van der Waals surface area contributed by atoms with Crippen molar-refractivity contribution in [1.82, 2.24) is 14.8 Å². The molecule has 35 heavy (non-hydrogen) atoms. The number of carbonyl (C=O) groups excluding carboxylic acids is 1. The number of aryl methyl sites for hydroxylation is 2. The van der Waals surface area contributed by atoms with Gasteiger partial charge in [-0.1, -0.05) is 39.0 Å². The van der Waals surface area contributed by atoms with Gasteiger partial charge in [-0.15, -0.1) is 0 Å². The number of benzene rings is 1. The molecular weight excluding hydrogens is 440 g/mol. The number of pyridine rings is 1. The summed E-state index contributed by atoms with van der Waals surface area (Å²) in [6, 6.07) is 12.4. The predicted octanol–water partition coefficient (Wildman–Crippen LogP) is 4.73. The number of carbonyl (C=O) groups is 1. The molecule has 7 nitrogen and oxygen atoms in total. The lowest BCUT2D eigenvalue weighted by Gasteiger charge is -2.27. The summed E-state index contributed by atoms with van der Waals surface area (Å²) in [6.07, 6.45) is 3.99. The van der Waals surface area contributed by atoms with Crippen LogP contribution in [0.1, 0.15) is 67.6 Å². The second kappa shape index (κ2) is 9.36. The van der Waals surface area contributed by atoms with Crippen molar-refractivity contribution in [1.29, 1.82) is 0 Å². The summed E-state index contributed by atoms with van der Waals surface area (Å²) in [4.78, 5) is 17.0. The van der Waals surface area contributed by atoms with Crippen LogP contribution in [0.2, 0.25) is 0 Å². The van der Waals surface area contributed by atoms with Gasteiger partial charge in [-0.05, 0) is 53.5 Å². The quantitative estimate of drug-likeness (QED) is 0.411. The Hall–Kier alpha value is -3.35. The first-order valence-corrected chi connectivity index (χ1v) is 12.5. The average Bonchev–Trinajstić information content (AvgIpc) is 3.16. The number of rotatable bonds is 6. The molecule has 0 fully saturated rings. The van der Waals surface area contributed by atoms with Crippen LogP contribution in [-0.2, 0) is 36.5 Å². The number of nitrogens with zero attached hydrogens (tertiary/aromatic N) is 3. The van der Waals surface area contributed by atoms with E-state index in [0.29, 0.717) is 25.2 Å². The summed E-state index contributed by atoms with van der Waals surface area (Å²) in [5, 5.41) is 8.06. The highest BCUT2D eigenvalue weighted by molar-refractivity contribution is 5.76. The van der Waals surface area contributed by atoms with Gasteiger partial charge in [0.2, 0.25) is 5.88 Å². The summed E-state index contributed by atoms with van der Waals surface area (Å²) in [6.45, 7) is 8.09. The molecule has 7 heteroatoms. The molecule has 1 aromatic carbocycles. The second-order valence-electron chi connectivity index (χ2n) is 10.6. The lowest BCUT2D eigenvalue weighted by atomic mass is 9.82. The van der Waals surface area contributed by atoms with E-state index in [0.717, 1.165) is 54.5 Å². The maximum Gasteiger partial charge on any atom is 0.311 e. The molecule has 5 rings (SSSR count). The lowest BCUT2D eigenvalue weighted by Crippen LogP contribution is -2.23. The maximum atomic E-state index is 12.3. The lowest BCUT2D eigenvalue weighted by molar-refractivity contribution is -0.135. The zero-order valence-electron chi connectivity index (χ0n) is 21.1. The molecule has 4 heterocycles. The van der Waals surface area contributed by atoms with Gasteiger partial charge in [0.05, 0.1) is 18.7 Å². The number of hydrogen-bond acceptors (Lipinski definition) is 6. The SMILES string of the molecule is Cn1nc(CC2CC(=O)Oc3ccc(C(C)(C)C)cc32)cc1OCCc1ccc2c(n1)NCCC2. The fraction of sp³-hybridized carbons (Fsp3) is 0.464. The molecule has 2 aliphatic rings. The summed E-state index contributed by atoms with van der Waals surface area (Å²) in [5.41, 5.74) is 5.56. The van der Waals surface area contributed by atoms with Crippen LogP contribution in [0.15, 0.2) is 36.4 Å². The fourth-order valence-electron chi connectivity index (χ4n) is 4.85. The van der Waals surface area contributed by atoms with E-state index >= 15 is 0 Å². The topological polar surface area (TPSA) is 78.3 Å². The van der Waals surface area contributed by atoms with Crippen LogP contribution in [0.3, 0.4) is 0 Å². The average molecular weight is 475 g/mol. The van der Waals surface area contributed by atoms with Crippen molar-refractivity contribution in [2.24, 2.45) is 7.05 Å². The molecule has 0 radical (unpaired) electrons. The van der Waals surface area contributed by atoms with E-state index in [-0.39, 0.29) is 17.3 Å². The van der Waals surface area contributed by atoms with Crippen LogP contribution in [0.25, 0.3) is 0 Å². The highest BCUT2D eigenvalue weighted by Crippen LogP contribution is 2.39. The Balaban J connectivity index is 1.26. The summed E-state index contributed by atoms with van der Waals surface area (Å²) < 4.78 is 13.4. The third-order valence-corrected chi connectivity index (χ3v) is 6.86. The van der Waals surface area contributed by atoms with Gasteiger partial charge in [0, 0.05) is 37.7 Å². The Bertz CT molecular complexity index is 1240. The summed E-state index contributed by atoms with van der Waals surface area (Å²) >= 11 is 0. The molecule has 3 aromatic rings. The highest BCUT2D eigenvalue weighted by Gasteiger charge is 2.30. The number of aromatic nitrogens is 3. The van der Waals surface area contributed by atoms with Gasteiger partial charge in [0.1, 0.15) is 11.6 Å². The van der Waals surface area contributed by atoms with E-state index in [1.165, 1.54) is 11.1 Å². The molecular formula is C28H34N4O3. The van der Waals surface area contributed by atoms with Gasteiger partial charge in [-0.3, -0.25) is 4.79 Å². The zero-order valence-corrected chi connectivity index (χ0v) is 21.1. The van der Waals surface area contributed by atoms with Crippen molar-refractivity contribution in [3.05, 3.63) is 64.5 Å². The standard InChI is InChI=1S/C28H34N4O3/c1-28(2,3)20-8-10-24-23(16-20)19(15-26(33)35-24)14-22-17-25(32(4)31-22)34-13-11-21-9-7-18-6-5-12-29-27(18)30-21/h7-10,16-17,19H,5-6,11-15H2,1-4H3,(H,29,30). The molecule has 0 aliphatic carbocycles. The molecule has 1 N–H and O–H groups in total. The smallest absolute Gasteiger partial charge is 0.311 e. The van der Waals surface area contributed by atoms with Crippen LogP contribution in [0.4, 0.5) is 5.82 Å². The summed E-state index contributed by atoms with van der Waals surface area (Å²) in [5.74, 6) is 2.24. The largest absolute Gasteiger partial charge is 0.477 e. The highest BCUT2D eigenvalue weighted by atomic mass is 16.5. The molecule has 2 aromatic heterocycles. The Morgan fingerprint density at radius 3 is 2.86 bits per heavy atom. The molecule has 0 spiro atoms. The monoisotopic (exact) mass is 474 g/mol. The number of ether oxygens (including phenoxy) is 2. The Morgan fingerprint density at radius 2 is 2.03 bits per heavy atom. The van der Waals surface area contributed by atoms with Crippen LogP contribution >= 0.6 is 0 Å². The van der Waals surface area contributed by atoms with E-state index in [9.17, 15) is 4.79 Å². The van der Waals surface area contributed by atoms with Crippen molar-refractivity contribution in [2.75, 3.05) is 18.5 Å². The molecule has 184 valence electrons. The number of nitrogens with one attached hydrogen (secondary N) is 1. The van der Waals surface area contributed by atoms with Crippen LogP contribution < -0.4 is 14.8 Å². The van der Waals surface area contributed by atoms with Gasteiger partial charge in [-0.25, -0.2) is 9.67 Å². The molecule has 1 atom stereocenters. The Labute approximate surface area is 206 Å². The number of fused-ring (bicyclic) bond motifs is 2. The Morgan fingerprint density at radius 1 is 1.17 bits per heavy atom. The molecule has 0 amide bonds. The first-order valence-electron chi connectivity index (χ1n) is 12.5. The number of hydrogen-bond donors (Lipinski definition) is 1.